The fourth-order valence-electron chi connectivity index (χ4n) is 1.94. The lowest BCUT2D eigenvalue weighted by molar-refractivity contribution is 0.0951. The van der Waals surface area contributed by atoms with Crippen LogP contribution in [0.2, 0.25) is 0 Å². The van der Waals surface area contributed by atoms with Crippen LogP contribution in [0.4, 0.5) is 0 Å². The molecule has 2 rings (SSSR count). The highest BCUT2D eigenvalue weighted by Gasteiger charge is 2.17. The molecule has 2 N–H and O–H groups in total. The van der Waals surface area contributed by atoms with Gasteiger partial charge in [-0.1, -0.05) is 6.07 Å². The SMILES string of the molecule is Cc1ncc(CNC(=O)c2cccc(S(=O)(=O)NC(C)C)c2)s1. The van der Waals surface area contributed by atoms with Gasteiger partial charge < -0.3 is 5.32 Å². The Morgan fingerprint density at radius 3 is 2.70 bits per heavy atom. The molecule has 0 saturated heterocycles. The number of carbonyl (C=O) groups is 1. The fourth-order valence-corrected chi connectivity index (χ4v) is 3.97. The molecule has 8 heteroatoms. The van der Waals surface area contributed by atoms with Crippen LogP contribution in [0.15, 0.2) is 35.4 Å². The molecule has 1 aromatic carbocycles. The van der Waals surface area contributed by atoms with E-state index in [2.05, 4.69) is 15.0 Å². The van der Waals surface area contributed by atoms with Crippen LogP contribution >= 0.6 is 11.3 Å². The second-order valence-electron chi connectivity index (χ2n) is 5.33. The first-order chi connectivity index (χ1) is 10.8. The molecule has 124 valence electrons. The molecule has 23 heavy (non-hydrogen) atoms. The number of hydrogen-bond acceptors (Lipinski definition) is 5. The number of hydrogen-bond donors (Lipinski definition) is 2. The number of thiazole rings is 1. The number of rotatable bonds is 6. The molecule has 0 saturated carbocycles. The highest BCUT2D eigenvalue weighted by Crippen LogP contribution is 2.14. The quantitative estimate of drug-likeness (QED) is 0.832. The standard InChI is InChI=1S/C15H19N3O3S2/c1-10(2)18-23(20,21)14-6-4-5-12(7-14)15(19)17-9-13-8-16-11(3)22-13/h4-8,10,18H,9H2,1-3H3,(H,17,19). The average Bonchev–Trinajstić information content (AvgIpc) is 2.89. The van der Waals surface area contributed by atoms with E-state index < -0.39 is 10.0 Å². The molecule has 1 amide bonds. The highest BCUT2D eigenvalue weighted by atomic mass is 32.2. The number of carbonyl (C=O) groups excluding carboxylic acids is 1. The van der Waals surface area contributed by atoms with Gasteiger partial charge in [0.2, 0.25) is 10.0 Å². The first-order valence-electron chi connectivity index (χ1n) is 7.10. The van der Waals surface area contributed by atoms with Gasteiger partial charge in [0.05, 0.1) is 16.4 Å². The number of nitrogens with one attached hydrogen (secondary N) is 2. The predicted molar refractivity (Wildman–Crippen MR) is 89.9 cm³/mol. The summed E-state index contributed by atoms with van der Waals surface area (Å²) in [6.07, 6.45) is 1.72. The summed E-state index contributed by atoms with van der Waals surface area (Å²) in [7, 11) is -3.62. The summed E-state index contributed by atoms with van der Waals surface area (Å²) in [5.74, 6) is -0.322. The summed E-state index contributed by atoms with van der Waals surface area (Å²) < 4.78 is 26.8. The molecule has 1 aromatic heterocycles. The molecule has 2 aromatic rings. The van der Waals surface area contributed by atoms with Crippen LogP contribution in [0, 0.1) is 6.92 Å². The number of sulfonamides is 1. The number of aryl methyl sites for hydroxylation is 1. The van der Waals surface area contributed by atoms with E-state index in [-0.39, 0.29) is 16.8 Å². The van der Waals surface area contributed by atoms with Crippen molar-refractivity contribution in [3.8, 4) is 0 Å². The predicted octanol–water partition coefficient (Wildman–Crippen LogP) is 2.07. The Kier molecular flexibility index (Phi) is 5.51. The molecular weight excluding hydrogens is 334 g/mol. The van der Waals surface area contributed by atoms with Crippen LogP contribution in [0.25, 0.3) is 0 Å². The second kappa shape index (κ2) is 7.20. The molecule has 0 radical (unpaired) electrons. The smallest absolute Gasteiger partial charge is 0.251 e. The van der Waals surface area contributed by atoms with E-state index in [0.29, 0.717) is 12.1 Å². The Morgan fingerprint density at radius 1 is 1.35 bits per heavy atom. The van der Waals surface area contributed by atoms with Gasteiger partial charge in [0.1, 0.15) is 0 Å². The van der Waals surface area contributed by atoms with Crippen molar-refractivity contribution in [1.82, 2.24) is 15.0 Å². The maximum absolute atomic E-state index is 12.2. The summed E-state index contributed by atoms with van der Waals surface area (Å²) in [6.45, 7) is 5.74. The van der Waals surface area contributed by atoms with Gasteiger partial charge in [-0.2, -0.15) is 0 Å². The van der Waals surface area contributed by atoms with Crippen LogP contribution in [-0.2, 0) is 16.6 Å². The first kappa shape index (κ1) is 17.6. The molecule has 0 atom stereocenters. The van der Waals surface area contributed by atoms with Gasteiger partial charge in [-0.25, -0.2) is 18.1 Å². The van der Waals surface area contributed by atoms with Crippen molar-refractivity contribution in [2.45, 2.75) is 38.3 Å². The van der Waals surface area contributed by atoms with E-state index >= 15 is 0 Å². The van der Waals surface area contributed by atoms with Crippen LogP contribution in [0.1, 0.15) is 34.1 Å². The summed E-state index contributed by atoms with van der Waals surface area (Å²) in [6, 6.07) is 5.76. The zero-order valence-electron chi connectivity index (χ0n) is 13.2. The third kappa shape index (κ3) is 4.85. The van der Waals surface area contributed by atoms with Crippen LogP contribution in [-0.4, -0.2) is 25.4 Å². The van der Waals surface area contributed by atoms with Gasteiger partial charge in [0, 0.05) is 22.7 Å². The molecule has 0 aliphatic heterocycles. The van der Waals surface area contributed by atoms with Crippen molar-refractivity contribution in [2.24, 2.45) is 0 Å². The first-order valence-corrected chi connectivity index (χ1v) is 9.40. The van der Waals surface area contributed by atoms with Gasteiger partial charge >= 0.3 is 0 Å². The molecule has 6 nitrogen and oxygen atoms in total. The minimum absolute atomic E-state index is 0.0764. The third-order valence-electron chi connectivity index (χ3n) is 2.89. The zero-order chi connectivity index (χ0) is 17.0. The largest absolute Gasteiger partial charge is 0.347 e. The maximum atomic E-state index is 12.2. The molecule has 0 unspecified atom stereocenters. The highest BCUT2D eigenvalue weighted by molar-refractivity contribution is 7.89. The minimum Gasteiger partial charge on any atom is -0.347 e. The number of benzene rings is 1. The van der Waals surface area contributed by atoms with Crippen LogP contribution in [0.3, 0.4) is 0 Å². The Bertz CT molecular complexity index is 798. The van der Waals surface area contributed by atoms with Gasteiger partial charge in [-0.05, 0) is 39.0 Å². The van der Waals surface area contributed by atoms with E-state index in [4.69, 9.17) is 0 Å². The Morgan fingerprint density at radius 2 is 2.09 bits per heavy atom. The molecule has 0 fully saturated rings. The van der Waals surface area contributed by atoms with Crippen molar-refractivity contribution in [3.63, 3.8) is 0 Å². The van der Waals surface area contributed by atoms with Crippen LogP contribution in [0.5, 0.6) is 0 Å². The normalized spacial score (nSPS) is 11.7. The topological polar surface area (TPSA) is 88.2 Å². The molecule has 0 spiro atoms. The van der Waals surface area contributed by atoms with Gasteiger partial charge in [0.25, 0.3) is 5.91 Å². The Hall–Kier alpha value is -1.77. The second-order valence-corrected chi connectivity index (χ2v) is 8.37. The fraction of sp³-hybridized carbons (Fsp3) is 0.333. The van der Waals surface area contributed by atoms with Crippen molar-refractivity contribution in [1.29, 1.82) is 0 Å². The number of aromatic nitrogens is 1. The summed E-state index contributed by atoms with van der Waals surface area (Å²) in [4.78, 5) is 17.3. The van der Waals surface area contributed by atoms with Gasteiger partial charge in [0.15, 0.2) is 0 Å². The molecular formula is C15H19N3O3S2. The van der Waals surface area contributed by atoms with Gasteiger partial charge in [-0.15, -0.1) is 11.3 Å². The summed E-state index contributed by atoms with van der Waals surface area (Å²) >= 11 is 1.51. The van der Waals surface area contributed by atoms with Crippen LogP contribution < -0.4 is 10.0 Å². The van der Waals surface area contributed by atoms with Crippen molar-refractivity contribution in [3.05, 3.63) is 45.9 Å². The Labute approximate surface area is 140 Å². The molecule has 0 bridgehead atoms. The molecule has 0 aliphatic carbocycles. The van der Waals surface area contributed by atoms with E-state index in [1.807, 2.05) is 6.92 Å². The lowest BCUT2D eigenvalue weighted by atomic mass is 10.2. The maximum Gasteiger partial charge on any atom is 0.251 e. The monoisotopic (exact) mass is 353 g/mol. The van der Waals surface area contributed by atoms with Crippen molar-refractivity contribution < 1.29 is 13.2 Å². The zero-order valence-corrected chi connectivity index (χ0v) is 14.8. The van der Waals surface area contributed by atoms with E-state index in [1.54, 1.807) is 32.2 Å². The molecule has 0 aliphatic rings. The lowest BCUT2D eigenvalue weighted by Crippen LogP contribution is -2.30. The van der Waals surface area contributed by atoms with E-state index in [1.165, 1.54) is 23.5 Å². The number of nitrogens with zero attached hydrogens (tertiary/aromatic N) is 1. The molecule has 1 heterocycles. The number of amides is 1. The summed E-state index contributed by atoms with van der Waals surface area (Å²) in [5.41, 5.74) is 0.304. The lowest BCUT2D eigenvalue weighted by Gasteiger charge is -2.10. The van der Waals surface area contributed by atoms with Gasteiger partial charge in [-0.3, -0.25) is 4.79 Å². The average molecular weight is 353 g/mol. The third-order valence-corrected chi connectivity index (χ3v) is 5.46. The van der Waals surface area contributed by atoms with E-state index in [9.17, 15) is 13.2 Å². The summed E-state index contributed by atoms with van der Waals surface area (Å²) in [5, 5.41) is 3.70. The van der Waals surface area contributed by atoms with Crippen molar-refractivity contribution >= 4 is 27.3 Å². The minimum atomic E-state index is -3.62. The Balaban J connectivity index is 2.11. The van der Waals surface area contributed by atoms with Crippen molar-refractivity contribution in [2.75, 3.05) is 0 Å². The van der Waals surface area contributed by atoms with E-state index in [0.717, 1.165) is 9.88 Å².